The van der Waals surface area contributed by atoms with Gasteiger partial charge in [-0.1, -0.05) is 6.92 Å². The zero-order valence-electron chi connectivity index (χ0n) is 12.7. The van der Waals surface area contributed by atoms with E-state index >= 15 is 0 Å². The van der Waals surface area contributed by atoms with Crippen molar-refractivity contribution in [2.45, 2.75) is 46.1 Å². The Morgan fingerprint density at radius 3 is 2.76 bits per heavy atom. The van der Waals surface area contributed by atoms with Crippen molar-refractivity contribution in [2.75, 3.05) is 6.54 Å². The van der Waals surface area contributed by atoms with E-state index in [1.54, 1.807) is 17.9 Å². The summed E-state index contributed by atoms with van der Waals surface area (Å²) in [5, 5.41) is 17.3. The SMILES string of the molecule is CCc1nnc(C)cc1C(=O)N1CCC[C@H](C(=O)O)[C@@H]1C. The molecule has 0 bridgehead atoms. The predicted octanol–water partition coefficient (Wildman–Crippen LogP) is 1.67. The Kier molecular flexibility index (Phi) is 4.55. The molecule has 6 nitrogen and oxygen atoms in total. The number of carboxylic acids is 1. The number of rotatable bonds is 3. The summed E-state index contributed by atoms with van der Waals surface area (Å²) < 4.78 is 0. The minimum absolute atomic E-state index is 0.136. The van der Waals surface area contributed by atoms with Gasteiger partial charge in [0.25, 0.3) is 5.91 Å². The lowest BCUT2D eigenvalue weighted by Gasteiger charge is -2.37. The highest BCUT2D eigenvalue weighted by molar-refractivity contribution is 5.96. The van der Waals surface area contributed by atoms with Crippen molar-refractivity contribution in [3.8, 4) is 0 Å². The van der Waals surface area contributed by atoms with Gasteiger partial charge in [0.1, 0.15) is 0 Å². The number of aryl methyl sites for hydroxylation is 2. The van der Waals surface area contributed by atoms with Gasteiger partial charge in [-0.15, -0.1) is 0 Å². The second-order valence-electron chi connectivity index (χ2n) is 5.53. The van der Waals surface area contributed by atoms with Crippen molar-refractivity contribution in [2.24, 2.45) is 5.92 Å². The molecular formula is C15H21N3O3. The van der Waals surface area contributed by atoms with E-state index in [1.807, 2.05) is 13.8 Å². The van der Waals surface area contributed by atoms with Gasteiger partial charge in [-0.3, -0.25) is 9.59 Å². The number of nitrogens with zero attached hydrogens (tertiary/aromatic N) is 3. The molecule has 114 valence electrons. The molecular weight excluding hydrogens is 270 g/mol. The molecule has 0 spiro atoms. The molecule has 1 aromatic rings. The van der Waals surface area contributed by atoms with Crippen LogP contribution >= 0.6 is 0 Å². The Hall–Kier alpha value is -1.98. The minimum Gasteiger partial charge on any atom is -0.481 e. The van der Waals surface area contributed by atoms with Crippen LogP contribution in [0.5, 0.6) is 0 Å². The molecule has 0 unspecified atom stereocenters. The van der Waals surface area contributed by atoms with Crippen LogP contribution in [0.2, 0.25) is 0 Å². The minimum atomic E-state index is -0.834. The highest BCUT2D eigenvalue weighted by Crippen LogP contribution is 2.26. The quantitative estimate of drug-likeness (QED) is 0.916. The normalized spacial score (nSPS) is 22.1. The summed E-state index contributed by atoms with van der Waals surface area (Å²) >= 11 is 0. The number of amides is 1. The third-order valence-electron chi connectivity index (χ3n) is 4.12. The van der Waals surface area contributed by atoms with Crippen LogP contribution in [-0.2, 0) is 11.2 Å². The van der Waals surface area contributed by atoms with Gasteiger partial charge in [-0.25, -0.2) is 0 Å². The second-order valence-corrected chi connectivity index (χ2v) is 5.53. The van der Waals surface area contributed by atoms with Crippen molar-refractivity contribution in [3.63, 3.8) is 0 Å². The molecule has 1 N–H and O–H groups in total. The molecule has 1 saturated heterocycles. The second kappa shape index (κ2) is 6.20. The maximum atomic E-state index is 12.8. The first-order chi connectivity index (χ1) is 9.95. The number of carbonyl (C=O) groups is 2. The van der Waals surface area contributed by atoms with E-state index in [1.165, 1.54) is 0 Å². The van der Waals surface area contributed by atoms with E-state index in [-0.39, 0.29) is 11.9 Å². The van der Waals surface area contributed by atoms with Crippen molar-refractivity contribution < 1.29 is 14.7 Å². The lowest BCUT2D eigenvalue weighted by molar-refractivity contribution is -0.144. The van der Waals surface area contributed by atoms with Crippen LogP contribution < -0.4 is 0 Å². The number of likely N-dealkylation sites (tertiary alicyclic amines) is 1. The number of aromatic nitrogens is 2. The fourth-order valence-electron chi connectivity index (χ4n) is 2.88. The number of aliphatic carboxylic acids is 1. The summed E-state index contributed by atoms with van der Waals surface area (Å²) in [6, 6.07) is 1.44. The molecule has 0 radical (unpaired) electrons. The third kappa shape index (κ3) is 3.04. The Balaban J connectivity index is 2.31. The largest absolute Gasteiger partial charge is 0.481 e. The molecule has 2 rings (SSSR count). The summed E-state index contributed by atoms with van der Waals surface area (Å²) in [6.45, 7) is 6.12. The molecule has 21 heavy (non-hydrogen) atoms. The van der Waals surface area contributed by atoms with Gasteiger partial charge in [0, 0.05) is 12.6 Å². The monoisotopic (exact) mass is 291 g/mol. The number of hydrogen-bond donors (Lipinski definition) is 1. The molecule has 0 saturated carbocycles. The van der Waals surface area contributed by atoms with E-state index in [0.29, 0.717) is 42.8 Å². The van der Waals surface area contributed by atoms with Crippen molar-refractivity contribution in [1.29, 1.82) is 0 Å². The van der Waals surface area contributed by atoms with E-state index in [4.69, 9.17) is 0 Å². The van der Waals surface area contributed by atoms with E-state index < -0.39 is 11.9 Å². The maximum Gasteiger partial charge on any atom is 0.308 e. The van der Waals surface area contributed by atoms with Crippen molar-refractivity contribution >= 4 is 11.9 Å². The van der Waals surface area contributed by atoms with Crippen LogP contribution in [0.4, 0.5) is 0 Å². The smallest absolute Gasteiger partial charge is 0.308 e. The molecule has 2 atom stereocenters. The van der Waals surface area contributed by atoms with Crippen LogP contribution in [0, 0.1) is 12.8 Å². The van der Waals surface area contributed by atoms with Gasteiger partial charge in [0.05, 0.1) is 22.9 Å². The Labute approximate surface area is 124 Å². The predicted molar refractivity (Wildman–Crippen MR) is 77.0 cm³/mol. The summed E-state index contributed by atoms with van der Waals surface area (Å²) in [5.74, 6) is -1.47. The number of carbonyl (C=O) groups excluding carboxylic acids is 1. The van der Waals surface area contributed by atoms with Gasteiger partial charge in [-0.05, 0) is 39.2 Å². The van der Waals surface area contributed by atoms with E-state index in [2.05, 4.69) is 10.2 Å². The molecule has 0 aliphatic carbocycles. The summed E-state index contributed by atoms with van der Waals surface area (Å²) in [7, 11) is 0. The topological polar surface area (TPSA) is 83.4 Å². The molecule has 1 fully saturated rings. The molecule has 1 aliphatic heterocycles. The molecule has 1 aliphatic rings. The summed E-state index contributed by atoms with van der Waals surface area (Å²) in [6.07, 6.45) is 1.96. The fraction of sp³-hybridized carbons (Fsp3) is 0.600. The molecule has 2 heterocycles. The first-order valence-electron chi connectivity index (χ1n) is 7.32. The first kappa shape index (κ1) is 15.4. The van der Waals surface area contributed by atoms with Gasteiger partial charge in [0.15, 0.2) is 0 Å². The average molecular weight is 291 g/mol. The highest BCUT2D eigenvalue weighted by atomic mass is 16.4. The van der Waals surface area contributed by atoms with Gasteiger partial charge >= 0.3 is 5.97 Å². The van der Waals surface area contributed by atoms with E-state index in [0.717, 1.165) is 0 Å². The molecule has 1 amide bonds. The van der Waals surface area contributed by atoms with Gasteiger partial charge < -0.3 is 10.0 Å². The first-order valence-corrected chi connectivity index (χ1v) is 7.32. The van der Waals surface area contributed by atoms with E-state index in [9.17, 15) is 14.7 Å². The Bertz CT molecular complexity index is 559. The number of hydrogen-bond acceptors (Lipinski definition) is 4. The van der Waals surface area contributed by atoms with Crippen LogP contribution in [0.15, 0.2) is 6.07 Å². The maximum absolute atomic E-state index is 12.8. The van der Waals surface area contributed by atoms with Crippen LogP contribution in [0.1, 0.15) is 48.4 Å². The molecule has 0 aromatic carbocycles. The van der Waals surface area contributed by atoms with Gasteiger partial charge in [0.2, 0.25) is 0 Å². The lowest BCUT2D eigenvalue weighted by atomic mass is 9.89. The van der Waals surface area contributed by atoms with Crippen LogP contribution in [0.25, 0.3) is 0 Å². The summed E-state index contributed by atoms with van der Waals surface area (Å²) in [4.78, 5) is 25.7. The van der Waals surface area contributed by atoms with Gasteiger partial charge in [-0.2, -0.15) is 10.2 Å². The molecule has 6 heteroatoms. The fourth-order valence-corrected chi connectivity index (χ4v) is 2.88. The molecule has 1 aromatic heterocycles. The average Bonchev–Trinajstić information content (AvgIpc) is 2.46. The van der Waals surface area contributed by atoms with Crippen LogP contribution in [0.3, 0.4) is 0 Å². The zero-order chi connectivity index (χ0) is 15.6. The zero-order valence-corrected chi connectivity index (χ0v) is 12.7. The number of carboxylic acid groups (broad SMARTS) is 1. The summed E-state index contributed by atoms with van der Waals surface area (Å²) in [5.41, 5.74) is 1.90. The third-order valence-corrected chi connectivity index (χ3v) is 4.12. The standard InChI is InChI=1S/C15H21N3O3/c1-4-13-12(8-9(2)16-17-13)14(19)18-7-5-6-11(10(18)3)15(20)21/h8,10-11H,4-7H2,1-3H3,(H,20,21)/t10-,11-/m0/s1. The van der Waals surface area contributed by atoms with Crippen molar-refractivity contribution in [1.82, 2.24) is 15.1 Å². The number of piperidine rings is 1. The van der Waals surface area contributed by atoms with Crippen molar-refractivity contribution in [3.05, 3.63) is 23.0 Å². The highest BCUT2D eigenvalue weighted by Gasteiger charge is 2.36. The Morgan fingerprint density at radius 2 is 2.14 bits per heavy atom. The lowest BCUT2D eigenvalue weighted by Crippen LogP contribution is -2.49. The van der Waals surface area contributed by atoms with Crippen LogP contribution in [-0.4, -0.2) is 44.7 Å². The Morgan fingerprint density at radius 1 is 1.43 bits per heavy atom.